The van der Waals surface area contributed by atoms with Crippen LogP contribution in [-0.4, -0.2) is 26.0 Å². The molecule has 5 heteroatoms. The van der Waals surface area contributed by atoms with Crippen LogP contribution >= 0.6 is 0 Å². The Morgan fingerprint density at radius 2 is 1.89 bits per heavy atom. The summed E-state index contributed by atoms with van der Waals surface area (Å²) in [7, 11) is -2.90. The van der Waals surface area contributed by atoms with Crippen molar-refractivity contribution in [3.8, 4) is 0 Å². The Morgan fingerprint density at radius 3 is 2.44 bits per heavy atom. The molecule has 3 nitrogen and oxygen atoms in total. The van der Waals surface area contributed by atoms with Crippen LogP contribution < -0.4 is 5.73 Å². The fourth-order valence-corrected chi connectivity index (χ4v) is 2.63. The lowest BCUT2D eigenvalue weighted by Crippen LogP contribution is -2.24. The van der Waals surface area contributed by atoms with Crippen molar-refractivity contribution < 1.29 is 12.8 Å². The third-order valence-electron chi connectivity index (χ3n) is 2.88. The zero-order valence-electron chi connectivity index (χ0n) is 10.6. The van der Waals surface area contributed by atoms with Crippen LogP contribution in [0.5, 0.6) is 0 Å². The average Bonchev–Trinajstić information content (AvgIpc) is 2.32. The van der Waals surface area contributed by atoms with Gasteiger partial charge in [-0.2, -0.15) is 0 Å². The predicted molar refractivity (Wildman–Crippen MR) is 71.6 cm³/mol. The number of sulfone groups is 1. The lowest BCUT2D eigenvalue weighted by atomic mass is 10.0. The first-order valence-electron chi connectivity index (χ1n) is 6.13. The second-order valence-electron chi connectivity index (χ2n) is 4.47. The van der Waals surface area contributed by atoms with E-state index < -0.39 is 9.84 Å². The molecule has 0 heterocycles. The summed E-state index contributed by atoms with van der Waals surface area (Å²) in [5.74, 6) is 0.113. The molecule has 1 atom stereocenters. The van der Waals surface area contributed by atoms with Crippen LogP contribution in [0.3, 0.4) is 0 Å². The topological polar surface area (TPSA) is 60.2 Å². The van der Waals surface area contributed by atoms with Crippen LogP contribution in [0.4, 0.5) is 4.39 Å². The molecule has 0 saturated carbocycles. The summed E-state index contributed by atoms with van der Waals surface area (Å²) in [4.78, 5) is 0. The predicted octanol–water partition coefficient (Wildman–Crippen LogP) is 1.91. The van der Waals surface area contributed by atoms with Gasteiger partial charge in [0, 0.05) is 11.8 Å². The zero-order valence-corrected chi connectivity index (χ0v) is 11.4. The Morgan fingerprint density at radius 1 is 1.28 bits per heavy atom. The Bertz CT molecular complexity index is 456. The molecule has 1 rings (SSSR count). The van der Waals surface area contributed by atoms with E-state index in [2.05, 4.69) is 0 Å². The highest BCUT2D eigenvalue weighted by molar-refractivity contribution is 7.91. The quantitative estimate of drug-likeness (QED) is 0.825. The van der Waals surface area contributed by atoms with Gasteiger partial charge in [0.1, 0.15) is 15.7 Å². The molecule has 1 aromatic carbocycles. The highest BCUT2D eigenvalue weighted by Crippen LogP contribution is 2.08. The van der Waals surface area contributed by atoms with Gasteiger partial charge in [-0.3, -0.25) is 0 Å². The largest absolute Gasteiger partial charge is 0.327 e. The Kier molecular flexibility index (Phi) is 5.75. The van der Waals surface area contributed by atoms with Crippen molar-refractivity contribution in [2.24, 2.45) is 5.73 Å². The van der Waals surface area contributed by atoms with Crippen LogP contribution in [0, 0.1) is 5.82 Å². The minimum absolute atomic E-state index is 0.0810. The van der Waals surface area contributed by atoms with Gasteiger partial charge in [0.2, 0.25) is 0 Å². The summed E-state index contributed by atoms with van der Waals surface area (Å²) >= 11 is 0. The third kappa shape index (κ3) is 5.60. The molecule has 18 heavy (non-hydrogen) atoms. The number of halogens is 1. The molecular formula is C13H20FNO2S. The molecule has 0 aliphatic carbocycles. The second kappa shape index (κ2) is 6.85. The molecule has 102 valence electrons. The van der Waals surface area contributed by atoms with Gasteiger partial charge in [0.25, 0.3) is 0 Å². The average molecular weight is 273 g/mol. The normalized spacial score (nSPS) is 13.5. The number of benzene rings is 1. The van der Waals surface area contributed by atoms with Gasteiger partial charge in [0.15, 0.2) is 0 Å². The van der Waals surface area contributed by atoms with Crippen molar-refractivity contribution in [3.05, 3.63) is 35.6 Å². The minimum atomic E-state index is -2.90. The highest BCUT2D eigenvalue weighted by atomic mass is 32.2. The fourth-order valence-electron chi connectivity index (χ4n) is 1.74. The SMILES string of the molecule is CCS(=O)(=O)CCCC(N)Cc1ccc(F)cc1. The van der Waals surface area contributed by atoms with Crippen molar-refractivity contribution >= 4 is 9.84 Å². The first-order chi connectivity index (χ1) is 8.43. The first-order valence-corrected chi connectivity index (χ1v) is 7.95. The van der Waals surface area contributed by atoms with Crippen molar-refractivity contribution in [1.82, 2.24) is 0 Å². The molecule has 0 radical (unpaired) electrons. The summed E-state index contributed by atoms with van der Waals surface area (Å²) in [6, 6.07) is 6.14. The molecule has 1 aromatic rings. The van der Waals surface area contributed by atoms with E-state index in [1.54, 1.807) is 19.1 Å². The molecule has 2 N–H and O–H groups in total. The van der Waals surface area contributed by atoms with E-state index in [1.165, 1.54) is 12.1 Å². The van der Waals surface area contributed by atoms with Gasteiger partial charge in [-0.05, 0) is 37.0 Å². The molecule has 1 unspecified atom stereocenters. The maximum atomic E-state index is 12.7. The highest BCUT2D eigenvalue weighted by Gasteiger charge is 2.09. The van der Waals surface area contributed by atoms with Crippen LogP contribution in [0.25, 0.3) is 0 Å². The molecular weight excluding hydrogens is 253 g/mol. The smallest absolute Gasteiger partial charge is 0.150 e. The minimum Gasteiger partial charge on any atom is -0.327 e. The summed E-state index contributed by atoms with van der Waals surface area (Å²) in [6.07, 6.45) is 1.89. The molecule has 0 amide bonds. The van der Waals surface area contributed by atoms with Crippen LogP contribution in [0.2, 0.25) is 0 Å². The van der Waals surface area contributed by atoms with Crippen molar-refractivity contribution in [2.75, 3.05) is 11.5 Å². The maximum Gasteiger partial charge on any atom is 0.150 e. The van der Waals surface area contributed by atoms with E-state index in [-0.39, 0.29) is 23.4 Å². The molecule has 0 aromatic heterocycles. The van der Waals surface area contributed by atoms with Gasteiger partial charge in [0.05, 0.1) is 5.75 Å². The van der Waals surface area contributed by atoms with Gasteiger partial charge in [-0.15, -0.1) is 0 Å². The third-order valence-corrected chi connectivity index (χ3v) is 4.67. The molecule has 0 aliphatic heterocycles. The van der Waals surface area contributed by atoms with Gasteiger partial charge in [-0.25, -0.2) is 12.8 Å². The molecule has 0 bridgehead atoms. The molecule has 0 fully saturated rings. The Labute approximate surface area is 108 Å². The van der Waals surface area contributed by atoms with Crippen molar-refractivity contribution in [3.63, 3.8) is 0 Å². The van der Waals surface area contributed by atoms with Crippen LogP contribution in [0.15, 0.2) is 24.3 Å². The van der Waals surface area contributed by atoms with Crippen LogP contribution in [-0.2, 0) is 16.3 Å². The standard InChI is InChI=1S/C13H20FNO2S/c1-2-18(16,17)9-3-4-13(15)10-11-5-7-12(14)8-6-11/h5-8,13H,2-4,9-10,15H2,1H3. The number of rotatable bonds is 7. The van der Waals surface area contributed by atoms with Gasteiger partial charge in [-0.1, -0.05) is 19.1 Å². The molecule has 0 aliphatic rings. The van der Waals surface area contributed by atoms with Crippen molar-refractivity contribution in [2.45, 2.75) is 32.2 Å². The number of hydrogen-bond acceptors (Lipinski definition) is 3. The summed E-state index contributed by atoms with van der Waals surface area (Å²) < 4.78 is 35.3. The molecule has 0 saturated heterocycles. The summed E-state index contributed by atoms with van der Waals surface area (Å²) in [5, 5.41) is 0. The number of nitrogens with two attached hydrogens (primary N) is 1. The zero-order chi connectivity index (χ0) is 13.6. The Hall–Kier alpha value is -0.940. The van der Waals surface area contributed by atoms with Crippen LogP contribution in [0.1, 0.15) is 25.3 Å². The summed E-state index contributed by atoms with van der Waals surface area (Å²) in [6.45, 7) is 1.65. The van der Waals surface area contributed by atoms with Gasteiger partial charge >= 0.3 is 0 Å². The maximum absolute atomic E-state index is 12.7. The first kappa shape index (κ1) is 15.1. The summed E-state index contributed by atoms with van der Waals surface area (Å²) in [5.41, 5.74) is 6.90. The van der Waals surface area contributed by atoms with E-state index in [0.717, 1.165) is 5.56 Å². The van der Waals surface area contributed by atoms with E-state index in [9.17, 15) is 12.8 Å². The van der Waals surface area contributed by atoms with Gasteiger partial charge < -0.3 is 5.73 Å². The monoisotopic (exact) mass is 273 g/mol. The van der Waals surface area contributed by atoms with E-state index >= 15 is 0 Å². The lowest BCUT2D eigenvalue weighted by molar-refractivity contribution is 0.573. The Balaban J connectivity index is 2.34. The van der Waals surface area contributed by atoms with E-state index in [0.29, 0.717) is 19.3 Å². The van der Waals surface area contributed by atoms with E-state index in [4.69, 9.17) is 5.73 Å². The molecule has 0 spiro atoms. The second-order valence-corrected chi connectivity index (χ2v) is 6.94. The fraction of sp³-hybridized carbons (Fsp3) is 0.538. The van der Waals surface area contributed by atoms with E-state index in [1.807, 2.05) is 0 Å². The number of hydrogen-bond donors (Lipinski definition) is 1. The van der Waals surface area contributed by atoms with Crippen molar-refractivity contribution in [1.29, 1.82) is 0 Å². The lowest BCUT2D eigenvalue weighted by Gasteiger charge is -2.11.